The number of anilines is 1. The lowest BCUT2D eigenvalue weighted by molar-refractivity contribution is -0.119. The van der Waals surface area contributed by atoms with Gasteiger partial charge in [-0.2, -0.15) is 0 Å². The van der Waals surface area contributed by atoms with Gasteiger partial charge < -0.3 is 10.1 Å². The number of para-hydroxylation sites is 1. The van der Waals surface area contributed by atoms with Gasteiger partial charge in [-0.3, -0.25) is 4.79 Å². The summed E-state index contributed by atoms with van der Waals surface area (Å²) in [5.41, 5.74) is 2.43. The Labute approximate surface area is 119 Å². The molecule has 106 valence electrons. The molecule has 0 spiro atoms. The molecule has 1 N–H and O–H groups in total. The smallest absolute Gasteiger partial charge is 0.227 e. The number of fused-ring (bicyclic) bond motifs is 1. The van der Waals surface area contributed by atoms with Gasteiger partial charge in [-0.05, 0) is 24.8 Å². The van der Waals surface area contributed by atoms with E-state index in [0.29, 0.717) is 31.0 Å². The molecular formula is C16H20N2O2. The number of oxime groups is 1. The van der Waals surface area contributed by atoms with Crippen molar-refractivity contribution in [3.63, 3.8) is 0 Å². The molecule has 1 saturated carbocycles. The highest BCUT2D eigenvalue weighted by atomic mass is 16.4. The molecule has 1 heterocycles. The molecule has 1 fully saturated rings. The second-order valence-corrected chi connectivity index (χ2v) is 5.71. The number of amides is 1. The molecule has 4 nitrogen and oxygen atoms in total. The Balaban J connectivity index is 1.82. The highest BCUT2D eigenvalue weighted by Crippen LogP contribution is 2.32. The minimum absolute atomic E-state index is 0.210. The van der Waals surface area contributed by atoms with Crippen molar-refractivity contribution in [2.24, 2.45) is 11.1 Å². The molecule has 1 aliphatic carbocycles. The first-order valence-corrected chi connectivity index (χ1v) is 7.40. The largest absolute Gasteiger partial charge is 0.411 e. The molecule has 0 bridgehead atoms. The van der Waals surface area contributed by atoms with E-state index >= 15 is 0 Å². The molecule has 1 aromatic rings. The summed E-state index contributed by atoms with van der Waals surface area (Å²) in [6, 6.07) is 7.69. The van der Waals surface area contributed by atoms with E-state index in [2.05, 4.69) is 5.16 Å². The van der Waals surface area contributed by atoms with Crippen LogP contribution in [0.3, 0.4) is 0 Å². The molecule has 0 atom stereocenters. The number of benzene rings is 1. The summed E-state index contributed by atoms with van der Waals surface area (Å²) in [5.74, 6) is 0.768. The molecule has 1 aliphatic heterocycles. The average Bonchev–Trinajstić information content (AvgIpc) is 2.99. The maximum Gasteiger partial charge on any atom is 0.227 e. The first kappa shape index (κ1) is 13.2. The topological polar surface area (TPSA) is 52.9 Å². The van der Waals surface area contributed by atoms with Gasteiger partial charge in [-0.25, -0.2) is 0 Å². The lowest BCUT2D eigenvalue weighted by Crippen LogP contribution is -2.38. The zero-order chi connectivity index (χ0) is 13.9. The number of hydrogen-bond donors (Lipinski definition) is 1. The van der Waals surface area contributed by atoms with Crippen LogP contribution in [0.15, 0.2) is 29.4 Å². The standard InChI is InChI=1S/C16H20N2O2/c19-16(11-12-5-1-2-6-12)18-10-9-14(17-20)13-7-3-4-8-15(13)18/h3-4,7-8,12,20H,1-2,5-6,9-11H2. The fourth-order valence-electron chi connectivity index (χ4n) is 3.36. The monoisotopic (exact) mass is 272 g/mol. The van der Waals surface area contributed by atoms with Crippen molar-refractivity contribution in [2.45, 2.75) is 38.5 Å². The van der Waals surface area contributed by atoms with Gasteiger partial charge in [0.25, 0.3) is 0 Å². The Morgan fingerprint density at radius 3 is 2.80 bits per heavy atom. The van der Waals surface area contributed by atoms with Crippen LogP contribution in [0.25, 0.3) is 0 Å². The second-order valence-electron chi connectivity index (χ2n) is 5.71. The Morgan fingerprint density at radius 1 is 1.30 bits per heavy atom. The Kier molecular flexibility index (Phi) is 3.72. The Bertz CT molecular complexity index is 533. The first-order valence-electron chi connectivity index (χ1n) is 7.40. The normalized spacial score (nSPS) is 21.2. The number of nitrogens with zero attached hydrogens (tertiary/aromatic N) is 2. The molecule has 3 rings (SSSR count). The molecule has 4 heteroatoms. The Hall–Kier alpha value is -1.84. The summed E-state index contributed by atoms with van der Waals surface area (Å²) in [7, 11) is 0. The van der Waals surface area contributed by atoms with Crippen LogP contribution in [0, 0.1) is 5.92 Å². The van der Waals surface area contributed by atoms with Gasteiger partial charge in [0.2, 0.25) is 5.91 Å². The maximum absolute atomic E-state index is 12.5. The van der Waals surface area contributed by atoms with Gasteiger partial charge in [-0.15, -0.1) is 0 Å². The zero-order valence-electron chi connectivity index (χ0n) is 11.6. The highest BCUT2D eigenvalue weighted by Gasteiger charge is 2.28. The van der Waals surface area contributed by atoms with Gasteiger partial charge >= 0.3 is 0 Å². The molecule has 0 unspecified atom stereocenters. The van der Waals surface area contributed by atoms with E-state index in [-0.39, 0.29) is 5.91 Å². The van der Waals surface area contributed by atoms with Crippen LogP contribution in [-0.2, 0) is 4.79 Å². The van der Waals surface area contributed by atoms with Crippen LogP contribution in [0.5, 0.6) is 0 Å². The van der Waals surface area contributed by atoms with E-state index in [4.69, 9.17) is 5.21 Å². The van der Waals surface area contributed by atoms with E-state index in [9.17, 15) is 4.79 Å². The van der Waals surface area contributed by atoms with Crippen molar-refractivity contribution in [2.75, 3.05) is 11.4 Å². The van der Waals surface area contributed by atoms with Gasteiger partial charge in [0.15, 0.2) is 0 Å². The van der Waals surface area contributed by atoms with Crippen molar-refractivity contribution in [1.29, 1.82) is 0 Å². The van der Waals surface area contributed by atoms with Crippen LogP contribution in [0.1, 0.15) is 44.1 Å². The number of carbonyl (C=O) groups excluding carboxylic acids is 1. The summed E-state index contributed by atoms with van der Waals surface area (Å²) in [6.07, 6.45) is 6.16. The van der Waals surface area contributed by atoms with Gasteiger partial charge in [0.1, 0.15) is 0 Å². The van der Waals surface area contributed by atoms with Gasteiger partial charge in [-0.1, -0.05) is 36.2 Å². The van der Waals surface area contributed by atoms with Crippen molar-refractivity contribution in [1.82, 2.24) is 0 Å². The maximum atomic E-state index is 12.5. The predicted octanol–water partition coefficient (Wildman–Crippen LogP) is 3.18. The van der Waals surface area contributed by atoms with Gasteiger partial charge in [0.05, 0.1) is 11.4 Å². The summed E-state index contributed by atoms with van der Waals surface area (Å²) in [5, 5.41) is 12.4. The minimum Gasteiger partial charge on any atom is -0.411 e. The van der Waals surface area contributed by atoms with Gasteiger partial charge in [0, 0.05) is 24.9 Å². The van der Waals surface area contributed by atoms with E-state index in [1.54, 1.807) is 0 Å². The third kappa shape index (κ3) is 2.42. The molecule has 0 aromatic heterocycles. The van der Waals surface area contributed by atoms with Crippen LogP contribution in [-0.4, -0.2) is 23.4 Å². The third-order valence-electron chi connectivity index (χ3n) is 4.44. The van der Waals surface area contributed by atoms with Crippen LogP contribution >= 0.6 is 0 Å². The lowest BCUT2D eigenvalue weighted by Gasteiger charge is -2.30. The molecule has 2 aliphatic rings. The fraction of sp³-hybridized carbons (Fsp3) is 0.500. The van der Waals surface area contributed by atoms with Crippen molar-refractivity contribution in [3.05, 3.63) is 29.8 Å². The molecule has 0 radical (unpaired) electrons. The Morgan fingerprint density at radius 2 is 2.05 bits per heavy atom. The summed E-state index contributed by atoms with van der Waals surface area (Å²) in [6.45, 7) is 0.613. The van der Waals surface area contributed by atoms with Crippen molar-refractivity contribution < 1.29 is 10.0 Å². The van der Waals surface area contributed by atoms with Crippen LogP contribution < -0.4 is 4.90 Å². The molecule has 1 aromatic carbocycles. The SMILES string of the molecule is O=C(CC1CCCC1)N1CCC(=NO)c2ccccc21. The summed E-state index contributed by atoms with van der Waals surface area (Å²) < 4.78 is 0. The van der Waals surface area contributed by atoms with Crippen LogP contribution in [0.4, 0.5) is 5.69 Å². The second kappa shape index (κ2) is 5.65. The van der Waals surface area contributed by atoms with Crippen molar-refractivity contribution in [3.8, 4) is 0 Å². The molecule has 0 saturated heterocycles. The van der Waals surface area contributed by atoms with E-state index < -0.39 is 0 Å². The molecular weight excluding hydrogens is 252 g/mol. The molecule has 20 heavy (non-hydrogen) atoms. The van der Waals surface area contributed by atoms with E-state index in [1.165, 1.54) is 25.7 Å². The average molecular weight is 272 g/mol. The van der Waals surface area contributed by atoms with E-state index in [0.717, 1.165) is 11.3 Å². The first-order chi connectivity index (χ1) is 9.79. The fourth-order valence-corrected chi connectivity index (χ4v) is 3.36. The minimum atomic E-state index is 0.210. The summed E-state index contributed by atoms with van der Waals surface area (Å²) in [4.78, 5) is 14.4. The van der Waals surface area contributed by atoms with Crippen LogP contribution in [0.2, 0.25) is 0 Å². The lowest BCUT2D eigenvalue weighted by atomic mass is 9.97. The highest BCUT2D eigenvalue weighted by molar-refractivity contribution is 6.11. The number of hydrogen-bond acceptors (Lipinski definition) is 3. The zero-order valence-corrected chi connectivity index (χ0v) is 11.6. The number of carbonyl (C=O) groups is 1. The predicted molar refractivity (Wildman–Crippen MR) is 78.3 cm³/mol. The quantitative estimate of drug-likeness (QED) is 0.664. The summed E-state index contributed by atoms with van der Waals surface area (Å²) >= 11 is 0. The van der Waals surface area contributed by atoms with Crippen molar-refractivity contribution >= 4 is 17.3 Å². The molecule has 1 amide bonds. The number of rotatable bonds is 2. The third-order valence-corrected chi connectivity index (χ3v) is 4.44. The van der Waals surface area contributed by atoms with E-state index in [1.807, 2.05) is 29.2 Å².